The van der Waals surface area contributed by atoms with Crippen LogP contribution in [0.1, 0.15) is 0 Å². The maximum Gasteiger partial charge on any atom is 0.190 e. The fraction of sp³-hybridized carbons (Fsp3) is 0.364. The molecule has 0 spiro atoms. The molecule has 0 saturated carbocycles. The van der Waals surface area contributed by atoms with Gasteiger partial charge in [-0.1, -0.05) is 11.6 Å². The summed E-state index contributed by atoms with van der Waals surface area (Å²) < 4.78 is 23.9. The number of hydrogen-bond donors (Lipinski definition) is 2. The molecule has 0 radical (unpaired) electrons. The van der Waals surface area contributed by atoms with Crippen LogP contribution in [0.15, 0.2) is 34.2 Å². The number of aliphatic imine (C=N–C) groups is 1. The monoisotopic (exact) mass is 289 g/mol. The second kappa shape index (κ2) is 6.61. The van der Waals surface area contributed by atoms with E-state index in [4.69, 9.17) is 11.6 Å². The lowest BCUT2D eigenvalue weighted by Crippen LogP contribution is -2.37. The van der Waals surface area contributed by atoms with Crippen molar-refractivity contribution in [1.29, 1.82) is 0 Å². The van der Waals surface area contributed by atoms with Gasteiger partial charge < -0.3 is 10.6 Å². The Morgan fingerprint density at radius 2 is 1.94 bits per heavy atom. The van der Waals surface area contributed by atoms with Gasteiger partial charge in [0.05, 0.1) is 10.6 Å². The topological polar surface area (TPSA) is 70.6 Å². The van der Waals surface area contributed by atoms with Crippen molar-refractivity contribution in [1.82, 2.24) is 10.6 Å². The van der Waals surface area contributed by atoms with Crippen molar-refractivity contribution >= 4 is 27.4 Å². The van der Waals surface area contributed by atoms with Gasteiger partial charge >= 0.3 is 0 Å². The molecule has 100 valence electrons. The van der Waals surface area contributed by atoms with Crippen LogP contribution in [0.2, 0.25) is 5.02 Å². The minimum absolute atomic E-state index is 0.00463. The first kappa shape index (κ1) is 14.8. The Hall–Kier alpha value is -1.27. The van der Waals surface area contributed by atoms with E-state index >= 15 is 0 Å². The zero-order chi connectivity index (χ0) is 13.6. The molecule has 1 rings (SSSR count). The summed E-state index contributed by atoms with van der Waals surface area (Å²) in [5, 5.41) is 6.22. The number of halogens is 1. The van der Waals surface area contributed by atoms with Crippen LogP contribution in [0.25, 0.3) is 0 Å². The number of sulfone groups is 1. The zero-order valence-corrected chi connectivity index (χ0v) is 11.8. The molecule has 0 aliphatic rings. The van der Waals surface area contributed by atoms with Gasteiger partial charge in [-0.05, 0) is 24.3 Å². The van der Waals surface area contributed by atoms with Gasteiger partial charge in [-0.25, -0.2) is 8.42 Å². The van der Waals surface area contributed by atoms with Gasteiger partial charge in [0.15, 0.2) is 15.8 Å². The third-order valence-electron chi connectivity index (χ3n) is 2.30. The van der Waals surface area contributed by atoms with E-state index in [1.165, 1.54) is 12.1 Å². The Kier molecular flexibility index (Phi) is 5.43. The summed E-state index contributed by atoms with van der Waals surface area (Å²) in [4.78, 5) is 4.16. The molecule has 0 heterocycles. The summed E-state index contributed by atoms with van der Waals surface area (Å²) >= 11 is 5.71. The highest BCUT2D eigenvalue weighted by molar-refractivity contribution is 7.91. The van der Waals surface area contributed by atoms with Crippen LogP contribution >= 0.6 is 11.6 Å². The predicted octanol–water partition coefficient (Wildman–Crippen LogP) is 0.908. The van der Waals surface area contributed by atoms with E-state index in [0.717, 1.165) is 0 Å². The van der Waals surface area contributed by atoms with Gasteiger partial charge in [0.25, 0.3) is 0 Å². The largest absolute Gasteiger partial charge is 0.359 e. The third-order valence-corrected chi connectivity index (χ3v) is 4.28. The van der Waals surface area contributed by atoms with Crippen LogP contribution in [0, 0.1) is 0 Å². The molecule has 0 saturated heterocycles. The Labute approximate surface area is 112 Å². The van der Waals surface area contributed by atoms with Gasteiger partial charge in [-0.3, -0.25) is 4.99 Å². The van der Waals surface area contributed by atoms with Crippen molar-refractivity contribution in [3.63, 3.8) is 0 Å². The average molecular weight is 290 g/mol. The number of nitrogens with one attached hydrogen (secondary N) is 2. The Morgan fingerprint density at radius 1 is 1.33 bits per heavy atom. The standard InChI is InChI=1S/C11H16ClN3O2S/c1-13-11(14-2)15-7-8-18(16,17)10-5-3-9(12)4-6-10/h3-6H,7-8H2,1-2H3,(H2,13,14,15). The van der Waals surface area contributed by atoms with Crippen molar-refractivity contribution in [2.24, 2.45) is 4.99 Å². The minimum Gasteiger partial charge on any atom is -0.359 e. The van der Waals surface area contributed by atoms with E-state index in [2.05, 4.69) is 15.6 Å². The molecule has 0 amide bonds. The molecule has 1 aromatic rings. The number of guanidine groups is 1. The summed E-state index contributed by atoms with van der Waals surface area (Å²) in [6, 6.07) is 6.14. The highest BCUT2D eigenvalue weighted by Crippen LogP contribution is 2.14. The number of hydrogen-bond acceptors (Lipinski definition) is 3. The van der Waals surface area contributed by atoms with Crippen molar-refractivity contribution in [2.45, 2.75) is 4.90 Å². The Bertz CT molecular complexity index is 512. The fourth-order valence-corrected chi connectivity index (χ4v) is 2.63. The number of benzene rings is 1. The van der Waals surface area contributed by atoms with Crippen molar-refractivity contribution in [3.8, 4) is 0 Å². The van der Waals surface area contributed by atoms with E-state index in [-0.39, 0.29) is 10.6 Å². The Morgan fingerprint density at radius 3 is 2.44 bits per heavy atom. The molecule has 2 N–H and O–H groups in total. The molecule has 0 unspecified atom stereocenters. The van der Waals surface area contributed by atoms with Crippen molar-refractivity contribution in [2.75, 3.05) is 26.4 Å². The van der Waals surface area contributed by atoms with Gasteiger partial charge in [0, 0.05) is 25.7 Å². The number of nitrogens with zero attached hydrogens (tertiary/aromatic N) is 1. The lowest BCUT2D eigenvalue weighted by atomic mass is 10.4. The summed E-state index contributed by atoms with van der Waals surface area (Å²) in [7, 11) is 0.0359. The van der Waals surface area contributed by atoms with E-state index in [9.17, 15) is 8.42 Å². The molecule has 7 heteroatoms. The first-order valence-corrected chi connectivity index (χ1v) is 7.39. The molecular formula is C11H16ClN3O2S. The molecular weight excluding hydrogens is 274 g/mol. The molecule has 0 aromatic heterocycles. The summed E-state index contributed by atoms with van der Waals surface area (Å²) in [5.74, 6) is 0.552. The Balaban J connectivity index is 2.63. The van der Waals surface area contributed by atoms with Crippen LogP contribution in [-0.4, -0.2) is 40.8 Å². The average Bonchev–Trinajstić information content (AvgIpc) is 2.35. The fourth-order valence-electron chi connectivity index (χ4n) is 1.34. The highest BCUT2D eigenvalue weighted by atomic mass is 35.5. The molecule has 0 aliphatic carbocycles. The van der Waals surface area contributed by atoms with Crippen LogP contribution in [0.4, 0.5) is 0 Å². The van der Waals surface area contributed by atoms with E-state index in [1.54, 1.807) is 26.2 Å². The quantitative estimate of drug-likeness (QED) is 0.638. The summed E-state index contributed by atoms with van der Waals surface area (Å²) in [6.07, 6.45) is 0. The zero-order valence-electron chi connectivity index (χ0n) is 10.3. The first-order chi connectivity index (χ1) is 8.49. The minimum atomic E-state index is -3.29. The molecule has 0 bridgehead atoms. The van der Waals surface area contributed by atoms with Gasteiger partial charge in [0.2, 0.25) is 0 Å². The molecule has 18 heavy (non-hydrogen) atoms. The van der Waals surface area contributed by atoms with Crippen LogP contribution in [-0.2, 0) is 9.84 Å². The normalized spacial score (nSPS) is 12.3. The smallest absolute Gasteiger partial charge is 0.190 e. The highest BCUT2D eigenvalue weighted by Gasteiger charge is 2.13. The molecule has 0 atom stereocenters. The first-order valence-electron chi connectivity index (χ1n) is 5.36. The second-order valence-electron chi connectivity index (χ2n) is 3.52. The SMILES string of the molecule is CN=C(NC)NCCS(=O)(=O)c1ccc(Cl)cc1. The predicted molar refractivity (Wildman–Crippen MR) is 73.9 cm³/mol. The van der Waals surface area contributed by atoms with Crippen molar-refractivity contribution < 1.29 is 8.42 Å². The maximum atomic E-state index is 12.0. The maximum absolute atomic E-state index is 12.0. The molecule has 0 aliphatic heterocycles. The summed E-state index contributed by atoms with van der Waals surface area (Å²) in [5.41, 5.74) is 0. The van der Waals surface area contributed by atoms with Crippen LogP contribution in [0.5, 0.6) is 0 Å². The molecule has 1 aromatic carbocycles. The third kappa shape index (κ3) is 4.19. The lowest BCUT2D eigenvalue weighted by Gasteiger charge is -2.09. The second-order valence-corrected chi connectivity index (χ2v) is 6.07. The van der Waals surface area contributed by atoms with Gasteiger partial charge in [-0.15, -0.1) is 0 Å². The number of rotatable bonds is 4. The van der Waals surface area contributed by atoms with Crippen LogP contribution in [0.3, 0.4) is 0 Å². The van der Waals surface area contributed by atoms with E-state index in [0.29, 0.717) is 17.5 Å². The van der Waals surface area contributed by atoms with Crippen LogP contribution < -0.4 is 10.6 Å². The van der Waals surface area contributed by atoms with E-state index < -0.39 is 9.84 Å². The van der Waals surface area contributed by atoms with E-state index in [1.807, 2.05) is 0 Å². The van der Waals surface area contributed by atoms with Crippen molar-refractivity contribution in [3.05, 3.63) is 29.3 Å². The molecule has 5 nitrogen and oxygen atoms in total. The lowest BCUT2D eigenvalue weighted by molar-refractivity contribution is 0.594. The van der Waals surface area contributed by atoms with Gasteiger partial charge in [0.1, 0.15) is 0 Å². The van der Waals surface area contributed by atoms with Gasteiger partial charge in [-0.2, -0.15) is 0 Å². The molecule has 0 fully saturated rings. The summed E-state index contributed by atoms with van der Waals surface area (Å²) in [6.45, 7) is 0.290.